The van der Waals surface area contributed by atoms with Gasteiger partial charge in [0.15, 0.2) is 5.13 Å². The van der Waals surface area contributed by atoms with Crippen LogP contribution in [0.4, 0.5) is 5.13 Å². The average molecular weight is 453 g/mol. The molecule has 0 atom stereocenters. The van der Waals surface area contributed by atoms with Gasteiger partial charge in [0.2, 0.25) is 11.8 Å². The number of methoxy groups -OCH3 is 1. The first-order valence-corrected chi connectivity index (χ1v) is 12.0. The second kappa shape index (κ2) is 9.42. The SMILES string of the molecule is COCC(=O)N1CCC(c2cccnc2O[C@H]2C[C@@H](Nc3nc4ccccc4s3)C2)CC1. The van der Waals surface area contributed by atoms with Crippen LogP contribution >= 0.6 is 11.3 Å². The van der Waals surface area contributed by atoms with Gasteiger partial charge in [-0.2, -0.15) is 0 Å². The van der Waals surface area contributed by atoms with Crippen molar-refractivity contribution in [3.8, 4) is 5.88 Å². The highest BCUT2D eigenvalue weighted by atomic mass is 32.1. The Morgan fingerprint density at radius 2 is 2.00 bits per heavy atom. The number of carbonyl (C=O) groups excluding carboxylic acids is 1. The summed E-state index contributed by atoms with van der Waals surface area (Å²) in [6, 6.07) is 12.7. The van der Waals surface area contributed by atoms with Crippen molar-refractivity contribution in [1.82, 2.24) is 14.9 Å². The van der Waals surface area contributed by atoms with Crippen LogP contribution in [0.3, 0.4) is 0 Å². The molecule has 1 aliphatic heterocycles. The number of fused-ring (bicyclic) bond motifs is 1. The van der Waals surface area contributed by atoms with E-state index < -0.39 is 0 Å². The Morgan fingerprint density at radius 1 is 1.19 bits per heavy atom. The van der Waals surface area contributed by atoms with Gasteiger partial charge in [-0.15, -0.1) is 0 Å². The number of rotatable bonds is 7. The summed E-state index contributed by atoms with van der Waals surface area (Å²) in [5.74, 6) is 1.18. The fourth-order valence-corrected chi connectivity index (χ4v) is 5.46. The molecule has 2 aliphatic rings. The Kier molecular flexibility index (Phi) is 6.23. The van der Waals surface area contributed by atoms with E-state index in [4.69, 9.17) is 9.47 Å². The van der Waals surface area contributed by atoms with Crippen molar-refractivity contribution >= 4 is 32.6 Å². The molecule has 1 saturated carbocycles. The summed E-state index contributed by atoms with van der Waals surface area (Å²) in [6.07, 6.45) is 5.68. The number of hydrogen-bond donors (Lipinski definition) is 1. The molecule has 2 aromatic heterocycles. The number of ether oxygens (including phenoxy) is 2. The quantitative estimate of drug-likeness (QED) is 0.583. The normalized spacial score (nSPS) is 21.3. The van der Waals surface area contributed by atoms with Gasteiger partial charge in [-0.25, -0.2) is 9.97 Å². The van der Waals surface area contributed by atoms with Crippen molar-refractivity contribution in [3.05, 3.63) is 48.2 Å². The lowest BCUT2D eigenvalue weighted by Crippen LogP contribution is -2.43. The maximum atomic E-state index is 12.1. The zero-order chi connectivity index (χ0) is 21.9. The van der Waals surface area contributed by atoms with Crippen LogP contribution in [0.25, 0.3) is 10.2 Å². The third-order valence-corrected chi connectivity index (χ3v) is 7.32. The zero-order valence-electron chi connectivity index (χ0n) is 18.2. The molecule has 7 nitrogen and oxygen atoms in total. The van der Waals surface area contributed by atoms with Crippen LogP contribution in [-0.2, 0) is 9.53 Å². The molecule has 1 aromatic carbocycles. The smallest absolute Gasteiger partial charge is 0.248 e. The van der Waals surface area contributed by atoms with Gasteiger partial charge in [0, 0.05) is 50.8 Å². The number of thiazole rings is 1. The fraction of sp³-hybridized carbons (Fsp3) is 0.458. The molecular weight excluding hydrogens is 424 g/mol. The minimum absolute atomic E-state index is 0.0646. The molecule has 0 unspecified atom stereocenters. The minimum atomic E-state index is 0.0646. The second-order valence-electron chi connectivity index (χ2n) is 8.53. The summed E-state index contributed by atoms with van der Waals surface area (Å²) < 4.78 is 12.5. The molecule has 32 heavy (non-hydrogen) atoms. The van der Waals surface area contributed by atoms with Crippen LogP contribution < -0.4 is 10.1 Å². The number of hydrogen-bond acceptors (Lipinski definition) is 7. The van der Waals surface area contributed by atoms with Gasteiger partial charge in [-0.3, -0.25) is 4.79 Å². The molecule has 0 radical (unpaired) electrons. The fourth-order valence-electron chi connectivity index (χ4n) is 4.51. The van der Waals surface area contributed by atoms with Crippen molar-refractivity contribution in [2.24, 2.45) is 0 Å². The van der Waals surface area contributed by atoms with Crippen molar-refractivity contribution in [3.63, 3.8) is 0 Å². The molecule has 8 heteroatoms. The summed E-state index contributed by atoms with van der Waals surface area (Å²) >= 11 is 1.70. The first kappa shape index (κ1) is 21.2. The summed E-state index contributed by atoms with van der Waals surface area (Å²) in [4.78, 5) is 23.2. The standard InChI is InChI=1S/C24H28N4O3S/c1-30-15-22(29)28-11-8-16(9-12-28)19-5-4-10-25-23(19)31-18-13-17(14-18)26-24-27-20-6-2-3-7-21(20)32-24/h2-7,10,16-18H,8-9,11-15H2,1H3,(H,26,27)/t17-,18+. The van der Waals surface area contributed by atoms with E-state index in [-0.39, 0.29) is 18.6 Å². The van der Waals surface area contributed by atoms with Crippen LogP contribution in [0.2, 0.25) is 0 Å². The van der Waals surface area contributed by atoms with E-state index in [0.29, 0.717) is 12.0 Å². The maximum absolute atomic E-state index is 12.1. The molecule has 3 heterocycles. The van der Waals surface area contributed by atoms with E-state index in [9.17, 15) is 4.79 Å². The predicted molar refractivity (Wildman–Crippen MR) is 125 cm³/mol. The minimum Gasteiger partial charge on any atom is -0.474 e. The number of nitrogens with one attached hydrogen (secondary N) is 1. The molecular formula is C24H28N4O3S. The van der Waals surface area contributed by atoms with E-state index in [1.807, 2.05) is 29.2 Å². The van der Waals surface area contributed by atoms with Gasteiger partial charge in [0.05, 0.1) is 10.2 Å². The van der Waals surface area contributed by atoms with Crippen LogP contribution in [-0.4, -0.2) is 59.7 Å². The molecule has 0 spiro atoms. The monoisotopic (exact) mass is 452 g/mol. The van der Waals surface area contributed by atoms with E-state index in [2.05, 4.69) is 27.4 Å². The lowest BCUT2D eigenvalue weighted by Gasteiger charge is -2.37. The summed E-state index contributed by atoms with van der Waals surface area (Å²) in [5, 5.41) is 4.52. The van der Waals surface area contributed by atoms with Crippen LogP contribution in [0.15, 0.2) is 42.6 Å². The number of anilines is 1. The zero-order valence-corrected chi connectivity index (χ0v) is 19.0. The molecule has 5 rings (SSSR count). The number of likely N-dealkylation sites (tertiary alicyclic amines) is 1. The molecule has 1 N–H and O–H groups in total. The molecule has 1 amide bonds. The highest BCUT2D eigenvalue weighted by Gasteiger charge is 2.33. The van der Waals surface area contributed by atoms with E-state index >= 15 is 0 Å². The molecule has 2 fully saturated rings. The lowest BCUT2D eigenvalue weighted by molar-refractivity contribution is -0.136. The van der Waals surface area contributed by atoms with E-state index in [1.165, 1.54) is 4.70 Å². The molecule has 168 valence electrons. The number of para-hydroxylation sites is 1. The van der Waals surface area contributed by atoms with Gasteiger partial charge in [0.1, 0.15) is 12.7 Å². The number of pyridine rings is 1. The van der Waals surface area contributed by atoms with Gasteiger partial charge in [-0.05, 0) is 37.0 Å². The van der Waals surface area contributed by atoms with Crippen LogP contribution in [0.1, 0.15) is 37.2 Å². The molecule has 1 saturated heterocycles. The van der Waals surface area contributed by atoms with Crippen molar-refractivity contribution in [2.75, 3.05) is 32.1 Å². The molecule has 3 aromatic rings. The summed E-state index contributed by atoms with van der Waals surface area (Å²) in [7, 11) is 1.56. The second-order valence-corrected chi connectivity index (χ2v) is 9.56. The van der Waals surface area contributed by atoms with Crippen molar-refractivity contribution in [1.29, 1.82) is 0 Å². The van der Waals surface area contributed by atoms with Crippen LogP contribution in [0, 0.1) is 0 Å². The van der Waals surface area contributed by atoms with E-state index in [0.717, 1.165) is 60.9 Å². The highest BCUT2D eigenvalue weighted by molar-refractivity contribution is 7.22. The molecule has 0 bridgehead atoms. The van der Waals surface area contributed by atoms with Crippen molar-refractivity contribution < 1.29 is 14.3 Å². The number of amides is 1. The van der Waals surface area contributed by atoms with E-state index in [1.54, 1.807) is 24.6 Å². The Hall–Kier alpha value is -2.71. The number of benzene rings is 1. The maximum Gasteiger partial charge on any atom is 0.248 e. The Morgan fingerprint density at radius 3 is 2.78 bits per heavy atom. The topological polar surface area (TPSA) is 76.6 Å². The Labute approximate surface area is 191 Å². The van der Waals surface area contributed by atoms with Gasteiger partial charge >= 0.3 is 0 Å². The Bertz CT molecular complexity index is 1040. The largest absolute Gasteiger partial charge is 0.474 e. The number of piperidine rings is 1. The van der Waals surface area contributed by atoms with Gasteiger partial charge in [0.25, 0.3) is 0 Å². The van der Waals surface area contributed by atoms with Gasteiger partial charge < -0.3 is 19.7 Å². The summed E-state index contributed by atoms with van der Waals surface area (Å²) in [6.45, 7) is 1.65. The first-order valence-electron chi connectivity index (χ1n) is 11.2. The number of nitrogens with zero attached hydrogens (tertiary/aromatic N) is 3. The third kappa shape index (κ3) is 4.56. The van der Waals surface area contributed by atoms with Gasteiger partial charge in [-0.1, -0.05) is 29.5 Å². The number of carbonyl (C=O) groups is 1. The van der Waals surface area contributed by atoms with Crippen LogP contribution in [0.5, 0.6) is 5.88 Å². The third-order valence-electron chi connectivity index (χ3n) is 6.35. The predicted octanol–water partition coefficient (Wildman–Crippen LogP) is 4.07. The van der Waals surface area contributed by atoms with Crippen molar-refractivity contribution in [2.45, 2.75) is 43.7 Å². The average Bonchev–Trinajstić information content (AvgIpc) is 3.21. The Balaban J connectivity index is 1.15. The number of aromatic nitrogens is 2. The highest BCUT2D eigenvalue weighted by Crippen LogP contribution is 2.36. The molecule has 1 aliphatic carbocycles. The first-order chi connectivity index (χ1) is 15.7. The summed E-state index contributed by atoms with van der Waals surface area (Å²) in [5.41, 5.74) is 2.20. The lowest BCUT2D eigenvalue weighted by atomic mass is 9.88.